The number of carbonyl (C=O) groups excluding carboxylic acids is 1. The highest BCUT2D eigenvalue weighted by molar-refractivity contribution is 5.98. The lowest BCUT2D eigenvalue weighted by atomic mass is 9.79. The lowest BCUT2D eigenvalue weighted by Crippen LogP contribution is -2.21. The highest BCUT2D eigenvalue weighted by atomic mass is 16.1. The Bertz CT molecular complexity index is 571. The Labute approximate surface area is 127 Å². The second kappa shape index (κ2) is 7.58. The van der Waals surface area contributed by atoms with Gasteiger partial charge in [0, 0.05) is 17.4 Å². The van der Waals surface area contributed by atoms with Crippen LogP contribution in [0.5, 0.6) is 0 Å². The standard InChI is InChI=1S/C20H22O/c1-3-11-19(20(21)17-14-9-6-10-15-17)18(4-2)16-12-7-5-8-13-16/h4-10,12-15,18-19H,2-3,11H2,1H3/t18-,19+/m1/s1. The number of allylic oxidation sites excluding steroid dienone is 1. The zero-order valence-corrected chi connectivity index (χ0v) is 12.5. The maximum atomic E-state index is 12.9. The molecule has 0 saturated carbocycles. The minimum Gasteiger partial charge on any atom is -0.294 e. The summed E-state index contributed by atoms with van der Waals surface area (Å²) in [6.45, 7) is 6.09. The summed E-state index contributed by atoms with van der Waals surface area (Å²) in [5, 5.41) is 0. The Kier molecular flexibility index (Phi) is 5.51. The first-order valence-corrected chi connectivity index (χ1v) is 7.54. The average Bonchev–Trinajstić information content (AvgIpc) is 2.56. The highest BCUT2D eigenvalue weighted by Gasteiger charge is 2.27. The van der Waals surface area contributed by atoms with Gasteiger partial charge in [-0.05, 0) is 12.0 Å². The monoisotopic (exact) mass is 278 g/mol. The molecule has 0 bridgehead atoms. The van der Waals surface area contributed by atoms with E-state index in [-0.39, 0.29) is 17.6 Å². The first kappa shape index (κ1) is 15.2. The molecule has 0 amide bonds. The number of hydrogen-bond acceptors (Lipinski definition) is 1. The SMILES string of the molecule is C=C[C@H](c1ccccc1)[C@H](CCC)C(=O)c1ccccc1. The molecule has 0 radical (unpaired) electrons. The van der Waals surface area contributed by atoms with Crippen LogP contribution in [0.25, 0.3) is 0 Å². The Morgan fingerprint density at radius 2 is 1.62 bits per heavy atom. The molecule has 0 unspecified atom stereocenters. The number of benzene rings is 2. The summed E-state index contributed by atoms with van der Waals surface area (Å²) >= 11 is 0. The average molecular weight is 278 g/mol. The van der Waals surface area contributed by atoms with Crippen LogP contribution in [0.1, 0.15) is 41.6 Å². The van der Waals surface area contributed by atoms with E-state index in [4.69, 9.17) is 0 Å². The molecule has 2 rings (SSSR count). The number of hydrogen-bond donors (Lipinski definition) is 0. The van der Waals surface area contributed by atoms with Gasteiger partial charge in [-0.25, -0.2) is 0 Å². The van der Waals surface area contributed by atoms with E-state index in [9.17, 15) is 4.79 Å². The highest BCUT2D eigenvalue weighted by Crippen LogP contribution is 2.32. The van der Waals surface area contributed by atoms with Gasteiger partial charge >= 0.3 is 0 Å². The van der Waals surface area contributed by atoms with Crippen molar-refractivity contribution in [2.24, 2.45) is 5.92 Å². The van der Waals surface area contributed by atoms with Crippen molar-refractivity contribution in [2.75, 3.05) is 0 Å². The smallest absolute Gasteiger partial charge is 0.166 e. The molecule has 2 aromatic carbocycles. The quantitative estimate of drug-likeness (QED) is 0.499. The van der Waals surface area contributed by atoms with Crippen LogP contribution in [0, 0.1) is 5.92 Å². The maximum absolute atomic E-state index is 12.9. The van der Waals surface area contributed by atoms with Crippen molar-refractivity contribution in [1.82, 2.24) is 0 Å². The van der Waals surface area contributed by atoms with Gasteiger partial charge in [-0.15, -0.1) is 6.58 Å². The molecule has 0 aliphatic rings. The van der Waals surface area contributed by atoms with E-state index in [0.29, 0.717) is 0 Å². The zero-order chi connectivity index (χ0) is 15.1. The Morgan fingerprint density at radius 1 is 1.05 bits per heavy atom. The first-order valence-electron chi connectivity index (χ1n) is 7.54. The molecule has 0 fully saturated rings. The third kappa shape index (κ3) is 3.69. The summed E-state index contributed by atoms with van der Waals surface area (Å²) in [7, 11) is 0. The van der Waals surface area contributed by atoms with Gasteiger partial charge < -0.3 is 0 Å². The molecule has 0 spiro atoms. The lowest BCUT2D eigenvalue weighted by Gasteiger charge is -2.23. The molecule has 0 aliphatic carbocycles. The van der Waals surface area contributed by atoms with Crippen LogP contribution in [-0.2, 0) is 0 Å². The molecule has 1 nitrogen and oxygen atoms in total. The zero-order valence-electron chi connectivity index (χ0n) is 12.5. The molecule has 2 atom stereocenters. The van der Waals surface area contributed by atoms with E-state index < -0.39 is 0 Å². The maximum Gasteiger partial charge on any atom is 0.166 e. The predicted molar refractivity (Wildman–Crippen MR) is 88.6 cm³/mol. The van der Waals surface area contributed by atoms with Crippen LogP contribution >= 0.6 is 0 Å². The van der Waals surface area contributed by atoms with Crippen molar-refractivity contribution in [2.45, 2.75) is 25.7 Å². The van der Waals surface area contributed by atoms with Crippen LogP contribution in [0.3, 0.4) is 0 Å². The largest absolute Gasteiger partial charge is 0.294 e. The third-order valence-corrected chi connectivity index (χ3v) is 3.87. The van der Waals surface area contributed by atoms with Gasteiger partial charge in [0.25, 0.3) is 0 Å². The van der Waals surface area contributed by atoms with Crippen molar-refractivity contribution < 1.29 is 4.79 Å². The second-order valence-electron chi connectivity index (χ2n) is 5.30. The van der Waals surface area contributed by atoms with E-state index in [0.717, 1.165) is 24.0 Å². The van der Waals surface area contributed by atoms with Crippen LogP contribution in [-0.4, -0.2) is 5.78 Å². The van der Waals surface area contributed by atoms with Gasteiger partial charge in [-0.2, -0.15) is 0 Å². The molecule has 0 saturated heterocycles. The van der Waals surface area contributed by atoms with E-state index in [1.165, 1.54) is 0 Å². The molecule has 21 heavy (non-hydrogen) atoms. The molecule has 0 heterocycles. The van der Waals surface area contributed by atoms with Gasteiger partial charge in [0.05, 0.1) is 0 Å². The summed E-state index contributed by atoms with van der Waals surface area (Å²) in [5.74, 6) is 0.238. The summed E-state index contributed by atoms with van der Waals surface area (Å²) in [4.78, 5) is 12.9. The third-order valence-electron chi connectivity index (χ3n) is 3.87. The van der Waals surface area contributed by atoms with E-state index in [2.05, 4.69) is 25.6 Å². The van der Waals surface area contributed by atoms with Gasteiger partial charge in [-0.1, -0.05) is 80.1 Å². The van der Waals surface area contributed by atoms with Crippen molar-refractivity contribution in [1.29, 1.82) is 0 Å². The predicted octanol–water partition coefficient (Wildman–Crippen LogP) is 5.26. The Hall–Kier alpha value is -2.15. The summed E-state index contributed by atoms with van der Waals surface area (Å²) < 4.78 is 0. The molecule has 0 aromatic heterocycles. The first-order chi connectivity index (χ1) is 10.3. The number of Topliss-reactive ketones (excluding diaryl/α,β-unsaturated/α-hetero) is 1. The molecule has 108 valence electrons. The van der Waals surface area contributed by atoms with Gasteiger partial charge in [-0.3, -0.25) is 4.79 Å². The summed E-state index contributed by atoms with van der Waals surface area (Å²) in [5.41, 5.74) is 1.95. The Balaban J connectivity index is 2.33. The topological polar surface area (TPSA) is 17.1 Å². The molecule has 0 N–H and O–H groups in total. The fraction of sp³-hybridized carbons (Fsp3) is 0.250. The van der Waals surface area contributed by atoms with Gasteiger partial charge in [0.2, 0.25) is 0 Å². The molecule has 0 aliphatic heterocycles. The van der Waals surface area contributed by atoms with Gasteiger partial charge in [0.1, 0.15) is 0 Å². The summed E-state index contributed by atoms with van der Waals surface area (Å²) in [6.07, 6.45) is 3.77. The van der Waals surface area contributed by atoms with Gasteiger partial charge in [0.15, 0.2) is 5.78 Å². The van der Waals surface area contributed by atoms with Crippen LogP contribution < -0.4 is 0 Å². The number of carbonyl (C=O) groups is 1. The Morgan fingerprint density at radius 3 is 2.14 bits per heavy atom. The van der Waals surface area contributed by atoms with Crippen molar-refractivity contribution in [3.63, 3.8) is 0 Å². The van der Waals surface area contributed by atoms with Crippen molar-refractivity contribution >= 4 is 5.78 Å². The fourth-order valence-corrected chi connectivity index (χ4v) is 2.81. The van der Waals surface area contributed by atoms with E-state index >= 15 is 0 Å². The van der Waals surface area contributed by atoms with Crippen LogP contribution in [0.15, 0.2) is 73.3 Å². The minimum absolute atomic E-state index is 0.0442. The van der Waals surface area contributed by atoms with Crippen molar-refractivity contribution in [3.8, 4) is 0 Å². The normalized spacial score (nSPS) is 13.4. The van der Waals surface area contributed by atoms with Crippen LogP contribution in [0.2, 0.25) is 0 Å². The van der Waals surface area contributed by atoms with Crippen molar-refractivity contribution in [3.05, 3.63) is 84.4 Å². The molecular formula is C20H22O. The number of rotatable bonds is 7. The lowest BCUT2D eigenvalue weighted by molar-refractivity contribution is 0.0901. The molecular weight excluding hydrogens is 256 g/mol. The summed E-state index contributed by atoms with van der Waals surface area (Å²) in [6, 6.07) is 19.8. The minimum atomic E-state index is -0.0442. The second-order valence-corrected chi connectivity index (χ2v) is 5.30. The fourth-order valence-electron chi connectivity index (χ4n) is 2.81. The number of ketones is 1. The molecule has 1 heteroatoms. The van der Waals surface area contributed by atoms with E-state index in [1.807, 2.05) is 54.6 Å². The van der Waals surface area contributed by atoms with Crippen LogP contribution in [0.4, 0.5) is 0 Å². The van der Waals surface area contributed by atoms with E-state index in [1.54, 1.807) is 0 Å². The molecule has 2 aromatic rings.